The average molecular weight is 443 g/mol. The summed E-state index contributed by atoms with van der Waals surface area (Å²) in [5.74, 6) is 1.52. The predicted octanol–water partition coefficient (Wildman–Crippen LogP) is 9.11. The van der Waals surface area contributed by atoms with Crippen LogP contribution >= 0.6 is 0 Å². The molecule has 0 bridgehead atoms. The Hall–Kier alpha value is -2.41. The number of alkyl halides is 1. The molecule has 1 fully saturated rings. The minimum Gasteiger partial charge on any atom is -0.251 e. The molecule has 0 heterocycles. The third-order valence-corrected chi connectivity index (χ3v) is 7.65. The number of hydrogen-bond donors (Lipinski definition) is 0. The minimum absolute atomic E-state index is 0.155. The fourth-order valence-electron chi connectivity index (χ4n) is 5.35. The van der Waals surface area contributed by atoms with Crippen LogP contribution in [0.15, 0.2) is 72.8 Å². The maximum Gasteiger partial charge on any atom is 0.0894 e. The van der Waals surface area contributed by atoms with Crippen LogP contribution in [-0.4, -0.2) is 6.67 Å². The van der Waals surface area contributed by atoms with Crippen molar-refractivity contribution < 1.29 is 4.39 Å². The van der Waals surface area contributed by atoms with Crippen LogP contribution in [0.1, 0.15) is 80.0 Å². The van der Waals surface area contributed by atoms with Crippen molar-refractivity contribution in [3.63, 3.8) is 0 Å². The molecule has 0 saturated heterocycles. The lowest BCUT2D eigenvalue weighted by Crippen LogP contribution is -2.13. The van der Waals surface area contributed by atoms with E-state index in [1.807, 2.05) is 0 Å². The molecule has 0 nitrogen and oxygen atoms in total. The third kappa shape index (κ3) is 6.79. The first kappa shape index (κ1) is 23.7. The topological polar surface area (TPSA) is 0 Å². The van der Waals surface area contributed by atoms with Crippen LogP contribution < -0.4 is 0 Å². The summed E-state index contributed by atoms with van der Waals surface area (Å²) in [6.07, 6.45) is 11.5. The van der Waals surface area contributed by atoms with Crippen LogP contribution in [0.4, 0.5) is 4.39 Å². The second-order valence-electron chi connectivity index (χ2n) is 9.89. The molecule has 0 radical (unpaired) electrons. The zero-order chi connectivity index (χ0) is 22.9. The highest BCUT2D eigenvalue weighted by atomic mass is 19.1. The molecule has 1 aliphatic carbocycles. The van der Waals surface area contributed by atoms with Crippen molar-refractivity contribution >= 4 is 0 Å². The predicted molar refractivity (Wildman–Crippen MR) is 140 cm³/mol. The summed E-state index contributed by atoms with van der Waals surface area (Å²) in [7, 11) is 0. The Morgan fingerprint density at radius 3 is 1.70 bits per heavy atom. The van der Waals surface area contributed by atoms with Crippen molar-refractivity contribution in [3.8, 4) is 11.1 Å². The number of benzene rings is 3. The molecule has 33 heavy (non-hydrogen) atoms. The molecule has 3 aromatic rings. The second-order valence-corrected chi connectivity index (χ2v) is 9.89. The first-order chi connectivity index (χ1) is 16.2. The summed E-state index contributed by atoms with van der Waals surface area (Å²) in [6.45, 7) is 2.05. The molecule has 4 rings (SSSR count). The fraction of sp³-hybridized carbons (Fsp3) is 0.438. The van der Waals surface area contributed by atoms with Gasteiger partial charge in [0.15, 0.2) is 0 Å². The van der Waals surface area contributed by atoms with E-state index in [0.717, 1.165) is 38.0 Å². The molecular weight excluding hydrogens is 403 g/mol. The summed E-state index contributed by atoms with van der Waals surface area (Å²) in [5, 5.41) is 0. The normalized spacial score (nSPS) is 18.4. The van der Waals surface area contributed by atoms with E-state index in [4.69, 9.17) is 0 Å². The van der Waals surface area contributed by atoms with Crippen LogP contribution in [0.25, 0.3) is 11.1 Å². The first-order valence-corrected chi connectivity index (χ1v) is 13.1. The first-order valence-electron chi connectivity index (χ1n) is 13.1. The Morgan fingerprint density at radius 1 is 0.636 bits per heavy atom. The Kier molecular flexibility index (Phi) is 8.75. The van der Waals surface area contributed by atoms with Crippen LogP contribution in [0.5, 0.6) is 0 Å². The van der Waals surface area contributed by atoms with E-state index in [2.05, 4.69) is 79.7 Å². The second kappa shape index (κ2) is 12.2. The monoisotopic (exact) mass is 442 g/mol. The van der Waals surface area contributed by atoms with Crippen molar-refractivity contribution in [2.24, 2.45) is 5.92 Å². The number of unbranched alkanes of at least 4 members (excludes halogenated alkanes) is 1. The van der Waals surface area contributed by atoms with Gasteiger partial charge in [0, 0.05) is 0 Å². The Bertz CT molecular complexity index is 945. The van der Waals surface area contributed by atoms with Gasteiger partial charge in [-0.1, -0.05) is 92.6 Å². The van der Waals surface area contributed by atoms with Gasteiger partial charge in [0.1, 0.15) is 0 Å². The van der Waals surface area contributed by atoms with Crippen LogP contribution in [0.2, 0.25) is 0 Å². The largest absolute Gasteiger partial charge is 0.251 e. The van der Waals surface area contributed by atoms with Gasteiger partial charge in [-0.15, -0.1) is 0 Å². The van der Waals surface area contributed by atoms with Gasteiger partial charge in [0.2, 0.25) is 0 Å². The lowest BCUT2D eigenvalue weighted by molar-refractivity contribution is 0.298. The smallest absolute Gasteiger partial charge is 0.0894 e. The van der Waals surface area contributed by atoms with Gasteiger partial charge in [0.05, 0.1) is 6.67 Å². The molecular formula is C32H39F. The van der Waals surface area contributed by atoms with Crippen molar-refractivity contribution in [2.75, 3.05) is 6.67 Å². The van der Waals surface area contributed by atoms with E-state index in [1.54, 1.807) is 0 Å². The summed E-state index contributed by atoms with van der Waals surface area (Å²) in [5.41, 5.74) is 8.33. The highest BCUT2D eigenvalue weighted by Crippen LogP contribution is 2.38. The van der Waals surface area contributed by atoms with Crippen molar-refractivity contribution in [1.29, 1.82) is 0 Å². The highest BCUT2D eigenvalue weighted by Gasteiger charge is 2.22. The zero-order valence-electron chi connectivity index (χ0n) is 20.2. The van der Waals surface area contributed by atoms with E-state index in [-0.39, 0.29) is 6.67 Å². The molecule has 0 aliphatic heterocycles. The molecule has 3 aromatic carbocycles. The van der Waals surface area contributed by atoms with Gasteiger partial charge in [-0.25, -0.2) is 0 Å². The maximum atomic E-state index is 12.3. The molecule has 0 atom stereocenters. The lowest BCUT2D eigenvalue weighted by Gasteiger charge is -2.29. The average Bonchev–Trinajstić information content (AvgIpc) is 2.89. The van der Waals surface area contributed by atoms with Crippen molar-refractivity contribution in [2.45, 2.75) is 77.0 Å². The zero-order valence-corrected chi connectivity index (χ0v) is 20.2. The maximum absolute atomic E-state index is 12.3. The molecule has 1 heteroatoms. The van der Waals surface area contributed by atoms with E-state index in [9.17, 15) is 4.39 Å². The lowest BCUT2D eigenvalue weighted by atomic mass is 9.77. The third-order valence-electron chi connectivity index (χ3n) is 7.65. The van der Waals surface area contributed by atoms with Gasteiger partial charge in [-0.3, -0.25) is 4.39 Å². The molecule has 0 aromatic heterocycles. The Balaban J connectivity index is 1.28. The number of aryl methyl sites for hydroxylation is 3. The van der Waals surface area contributed by atoms with Gasteiger partial charge in [0.25, 0.3) is 0 Å². The Labute approximate surface area is 200 Å². The van der Waals surface area contributed by atoms with E-state index in [1.165, 1.54) is 65.5 Å². The SMILES string of the molecule is CCc1ccc(CCc2ccc(-c3ccc(C4CCC(CCCCF)CC4)cc3)cc2)cc1. The molecule has 174 valence electrons. The quantitative estimate of drug-likeness (QED) is 0.275. The van der Waals surface area contributed by atoms with Crippen LogP contribution in [-0.2, 0) is 19.3 Å². The standard InChI is InChI=1S/C32H39F/c1-2-25-6-8-27(9-7-25)10-11-28-14-18-30(19-15-28)32-22-20-31(21-23-32)29-16-12-26(13-17-29)5-3-4-24-33/h6-9,14-15,18-23,26,29H,2-5,10-13,16-17,24H2,1H3. The van der Waals surface area contributed by atoms with Gasteiger partial charge in [-0.2, -0.15) is 0 Å². The van der Waals surface area contributed by atoms with Gasteiger partial charge >= 0.3 is 0 Å². The molecule has 0 amide bonds. The number of hydrogen-bond acceptors (Lipinski definition) is 0. The van der Waals surface area contributed by atoms with Crippen LogP contribution in [0.3, 0.4) is 0 Å². The van der Waals surface area contributed by atoms with E-state index >= 15 is 0 Å². The minimum atomic E-state index is -0.155. The van der Waals surface area contributed by atoms with E-state index in [0.29, 0.717) is 5.92 Å². The van der Waals surface area contributed by atoms with Crippen LogP contribution in [0, 0.1) is 5.92 Å². The summed E-state index contributed by atoms with van der Waals surface area (Å²) < 4.78 is 12.3. The fourth-order valence-corrected chi connectivity index (χ4v) is 5.35. The molecule has 1 saturated carbocycles. The number of halogens is 1. The van der Waals surface area contributed by atoms with Crippen molar-refractivity contribution in [3.05, 3.63) is 95.1 Å². The van der Waals surface area contributed by atoms with E-state index < -0.39 is 0 Å². The summed E-state index contributed by atoms with van der Waals surface area (Å²) in [6, 6.07) is 27.4. The highest BCUT2D eigenvalue weighted by molar-refractivity contribution is 5.64. The Morgan fingerprint density at radius 2 is 1.15 bits per heavy atom. The molecule has 0 spiro atoms. The number of rotatable bonds is 10. The molecule has 0 N–H and O–H groups in total. The van der Waals surface area contributed by atoms with Crippen molar-refractivity contribution in [1.82, 2.24) is 0 Å². The van der Waals surface area contributed by atoms with Gasteiger partial charge in [-0.05, 0) is 96.6 Å². The molecule has 1 aliphatic rings. The van der Waals surface area contributed by atoms with Gasteiger partial charge < -0.3 is 0 Å². The molecule has 0 unspecified atom stereocenters. The summed E-state index contributed by atoms with van der Waals surface area (Å²) in [4.78, 5) is 0. The summed E-state index contributed by atoms with van der Waals surface area (Å²) >= 11 is 0.